The van der Waals surface area contributed by atoms with Crippen LogP contribution < -0.4 is 5.32 Å². The van der Waals surface area contributed by atoms with Crippen molar-refractivity contribution in [1.29, 1.82) is 0 Å². The van der Waals surface area contributed by atoms with Gasteiger partial charge in [0.05, 0.1) is 14.0 Å². The van der Waals surface area contributed by atoms with Crippen molar-refractivity contribution in [2.75, 3.05) is 6.54 Å². The zero-order valence-corrected chi connectivity index (χ0v) is 17.0. The van der Waals surface area contributed by atoms with E-state index in [4.69, 9.17) is 0 Å². The lowest BCUT2D eigenvalue weighted by atomic mass is 10.2. The molecule has 4 aromatic rings. The Morgan fingerprint density at radius 1 is 1.11 bits per heavy atom. The van der Waals surface area contributed by atoms with E-state index in [9.17, 15) is 4.79 Å². The van der Waals surface area contributed by atoms with Crippen LogP contribution in [0.15, 0.2) is 70.6 Å². The van der Waals surface area contributed by atoms with E-state index in [1.165, 1.54) is 5.56 Å². The molecule has 4 nitrogen and oxygen atoms in total. The van der Waals surface area contributed by atoms with Gasteiger partial charge in [0.25, 0.3) is 5.91 Å². The fraction of sp³-hybridized carbons (Fsp3) is 0.143. The van der Waals surface area contributed by atoms with Gasteiger partial charge in [-0.25, -0.2) is 0 Å². The van der Waals surface area contributed by atoms with Gasteiger partial charge in [0, 0.05) is 31.4 Å². The molecule has 0 aliphatic carbocycles. The van der Waals surface area contributed by atoms with E-state index in [2.05, 4.69) is 49.0 Å². The van der Waals surface area contributed by atoms with E-state index in [0.717, 1.165) is 19.7 Å². The van der Waals surface area contributed by atoms with Crippen LogP contribution in [-0.4, -0.2) is 22.0 Å². The number of benzene rings is 1. The van der Waals surface area contributed by atoms with Gasteiger partial charge in [0.15, 0.2) is 0 Å². The second-order valence-corrected chi connectivity index (χ2v) is 8.69. The van der Waals surface area contributed by atoms with Gasteiger partial charge in [-0.1, -0.05) is 36.4 Å². The number of halogens is 1. The number of thiophene rings is 1. The van der Waals surface area contributed by atoms with E-state index in [1.807, 2.05) is 42.5 Å². The monoisotopic (exact) mass is 439 g/mol. The lowest BCUT2D eigenvalue weighted by Gasteiger charge is -2.11. The molecule has 6 heteroatoms. The van der Waals surface area contributed by atoms with Gasteiger partial charge in [-0.2, -0.15) is 0 Å². The molecule has 3 aromatic heterocycles. The first-order valence-corrected chi connectivity index (χ1v) is 10.3. The fourth-order valence-electron chi connectivity index (χ4n) is 3.08. The van der Waals surface area contributed by atoms with E-state index >= 15 is 0 Å². The third kappa shape index (κ3) is 4.12. The molecule has 0 saturated heterocycles. The summed E-state index contributed by atoms with van der Waals surface area (Å²) in [5.41, 5.74) is 3.90. The Morgan fingerprint density at radius 2 is 1.93 bits per heavy atom. The molecule has 0 spiro atoms. The quantitative estimate of drug-likeness (QED) is 0.465. The number of carbonyl (C=O) groups excluding carboxylic acids is 1. The van der Waals surface area contributed by atoms with Gasteiger partial charge in [0.2, 0.25) is 0 Å². The highest BCUT2D eigenvalue weighted by Crippen LogP contribution is 2.33. The van der Waals surface area contributed by atoms with E-state index in [0.29, 0.717) is 25.2 Å². The number of pyridine rings is 1. The Kier molecular flexibility index (Phi) is 5.36. The minimum Gasteiger partial charge on any atom is -0.350 e. The van der Waals surface area contributed by atoms with Crippen molar-refractivity contribution in [1.82, 2.24) is 14.9 Å². The Labute approximate surface area is 170 Å². The molecular formula is C21H18BrN3OS. The molecular weight excluding hydrogens is 422 g/mol. The average molecular weight is 440 g/mol. The fourth-order valence-corrected chi connectivity index (χ4v) is 4.64. The Hall–Kier alpha value is -2.44. The molecule has 4 rings (SSSR count). The van der Waals surface area contributed by atoms with Crippen molar-refractivity contribution in [3.63, 3.8) is 0 Å². The predicted molar refractivity (Wildman–Crippen MR) is 113 cm³/mol. The number of hydrogen-bond donors (Lipinski definition) is 1. The third-order valence-corrected chi connectivity index (χ3v) is 5.94. The van der Waals surface area contributed by atoms with Crippen molar-refractivity contribution >= 4 is 43.4 Å². The lowest BCUT2D eigenvalue weighted by molar-refractivity contribution is 0.0945. The molecule has 1 aromatic carbocycles. The molecule has 1 N–H and O–H groups in total. The van der Waals surface area contributed by atoms with Gasteiger partial charge in [-0.05, 0) is 45.8 Å². The number of fused-ring (bicyclic) bond motifs is 1. The Balaban J connectivity index is 1.55. The first-order chi connectivity index (χ1) is 13.2. The summed E-state index contributed by atoms with van der Waals surface area (Å²) in [5.74, 6) is -0.0543. The lowest BCUT2D eigenvalue weighted by Crippen LogP contribution is -2.28. The van der Waals surface area contributed by atoms with E-state index in [-0.39, 0.29) is 5.91 Å². The largest absolute Gasteiger partial charge is 0.350 e. The molecule has 0 aliphatic rings. The van der Waals surface area contributed by atoms with Crippen LogP contribution >= 0.6 is 27.3 Å². The van der Waals surface area contributed by atoms with Crippen molar-refractivity contribution in [3.05, 3.63) is 87.6 Å². The van der Waals surface area contributed by atoms with Crippen molar-refractivity contribution in [3.8, 4) is 0 Å². The second kappa shape index (κ2) is 8.06. The minimum atomic E-state index is -0.0543. The molecule has 0 saturated carbocycles. The summed E-state index contributed by atoms with van der Waals surface area (Å²) in [6, 6.07) is 20.1. The topological polar surface area (TPSA) is 46.9 Å². The second-order valence-electron chi connectivity index (χ2n) is 6.23. The van der Waals surface area contributed by atoms with Gasteiger partial charge >= 0.3 is 0 Å². The van der Waals surface area contributed by atoms with Gasteiger partial charge in [-0.3, -0.25) is 9.78 Å². The molecule has 0 aliphatic heterocycles. The van der Waals surface area contributed by atoms with Crippen LogP contribution in [0.25, 0.3) is 10.2 Å². The molecule has 136 valence electrons. The van der Waals surface area contributed by atoms with Crippen LogP contribution in [0.5, 0.6) is 0 Å². The van der Waals surface area contributed by atoms with Crippen molar-refractivity contribution in [2.45, 2.75) is 13.0 Å². The van der Waals surface area contributed by atoms with Gasteiger partial charge in [-0.15, -0.1) is 11.3 Å². The zero-order valence-electron chi connectivity index (χ0n) is 14.6. The summed E-state index contributed by atoms with van der Waals surface area (Å²) in [6.07, 6.45) is 2.49. The van der Waals surface area contributed by atoms with Crippen LogP contribution in [0, 0.1) is 0 Å². The summed E-state index contributed by atoms with van der Waals surface area (Å²) in [6.45, 7) is 1.22. The number of hydrogen-bond acceptors (Lipinski definition) is 3. The Morgan fingerprint density at radius 3 is 2.70 bits per heavy atom. The summed E-state index contributed by atoms with van der Waals surface area (Å²) >= 11 is 5.19. The van der Waals surface area contributed by atoms with E-state index < -0.39 is 0 Å². The molecule has 1 amide bonds. The zero-order chi connectivity index (χ0) is 18.6. The highest BCUT2D eigenvalue weighted by Gasteiger charge is 2.17. The summed E-state index contributed by atoms with van der Waals surface area (Å²) in [7, 11) is 0. The molecule has 27 heavy (non-hydrogen) atoms. The molecule has 0 bridgehead atoms. The average Bonchev–Trinajstić information content (AvgIpc) is 3.20. The molecule has 0 unspecified atom stereocenters. The SMILES string of the molecule is O=C(NCCc1ccccn1)c1cc2sc(Br)cc2n1Cc1ccccc1. The summed E-state index contributed by atoms with van der Waals surface area (Å²) in [4.78, 5) is 17.1. The van der Waals surface area contributed by atoms with Gasteiger partial charge in [0.1, 0.15) is 5.69 Å². The summed E-state index contributed by atoms with van der Waals surface area (Å²) in [5, 5.41) is 3.03. The first kappa shape index (κ1) is 17.9. The van der Waals surface area contributed by atoms with Crippen molar-refractivity contribution in [2.24, 2.45) is 0 Å². The van der Waals surface area contributed by atoms with E-state index in [1.54, 1.807) is 17.5 Å². The number of carbonyl (C=O) groups is 1. The molecule has 0 fully saturated rings. The number of nitrogens with one attached hydrogen (secondary N) is 1. The van der Waals surface area contributed by atoms with Gasteiger partial charge < -0.3 is 9.88 Å². The maximum Gasteiger partial charge on any atom is 0.267 e. The maximum atomic E-state index is 12.8. The maximum absolute atomic E-state index is 12.8. The van der Waals surface area contributed by atoms with Crippen LogP contribution in [0.3, 0.4) is 0 Å². The smallest absolute Gasteiger partial charge is 0.267 e. The highest BCUT2D eigenvalue weighted by molar-refractivity contribution is 9.11. The molecule has 3 heterocycles. The first-order valence-electron chi connectivity index (χ1n) is 8.71. The number of nitrogens with zero attached hydrogens (tertiary/aromatic N) is 2. The van der Waals surface area contributed by atoms with Crippen LogP contribution in [0.2, 0.25) is 0 Å². The molecule has 0 radical (unpaired) electrons. The van der Waals surface area contributed by atoms with Crippen molar-refractivity contribution < 1.29 is 4.79 Å². The van der Waals surface area contributed by atoms with Crippen LogP contribution in [-0.2, 0) is 13.0 Å². The number of amides is 1. The summed E-state index contributed by atoms with van der Waals surface area (Å²) < 4.78 is 4.26. The molecule has 0 atom stereocenters. The minimum absolute atomic E-state index is 0.0543. The third-order valence-electron chi connectivity index (χ3n) is 4.37. The normalized spacial score (nSPS) is 11.0. The number of aromatic nitrogens is 2. The highest BCUT2D eigenvalue weighted by atomic mass is 79.9. The number of rotatable bonds is 6. The standard InChI is InChI=1S/C21H18BrN3OS/c22-20-13-17-19(27-20)12-18(25(17)14-15-6-2-1-3-7-15)21(26)24-11-9-16-8-4-5-10-23-16/h1-8,10,12-13H,9,11,14H2,(H,24,26). The predicted octanol–water partition coefficient (Wildman–Crippen LogP) is 4.88. The van der Waals surface area contributed by atoms with Crippen LogP contribution in [0.1, 0.15) is 21.7 Å². The Bertz CT molecular complexity index is 1060. The van der Waals surface area contributed by atoms with Crippen LogP contribution in [0.4, 0.5) is 0 Å².